The summed E-state index contributed by atoms with van der Waals surface area (Å²) in [6.45, 7) is 3.06. The first-order valence-corrected chi connectivity index (χ1v) is 10.3. The second-order valence-electron chi connectivity index (χ2n) is 7.55. The predicted octanol–water partition coefficient (Wildman–Crippen LogP) is 2.04. The summed E-state index contributed by atoms with van der Waals surface area (Å²) in [5.41, 5.74) is 2.31. The maximum absolute atomic E-state index is 12.5. The Hall–Kier alpha value is -4.12. The van der Waals surface area contributed by atoms with Gasteiger partial charge in [-0.15, -0.1) is 0 Å². The molecule has 0 spiro atoms. The molecule has 3 aromatic rings. The van der Waals surface area contributed by atoms with Crippen LogP contribution in [0.1, 0.15) is 29.8 Å². The number of H-pyrrole nitrogens is 1. The van der Waals surface area contributed by atoms with Crippen molar-refractivity contribution in [3.63, 3.8) is 0 Å². The number of fused-ring (bicyclic) bond motifs is 1. The number of para-hydroxylation sites is 1. The number of aromatic amines is 1. The Bertz CT molecular complexity index is 1150. The van der Waals surface area contributed by atoms with E-state index in [1.807, 2.05) is 30.5 Å². The van der Waals surface area contributed by atoms with Crippen LogP contribution in [0.15, 0.2) is 60.8 Å². The molecule has 1 heterocycles. The van der Waals surface area contributed by atoms with Crippen LogP contribution in [0.5, 0.6) is 0 Å². The number of carbonyl (C=O) groups excluding carboxylic acids is 3. The van der Waals surface area contributed by atoms with Gasteiger partial charge in [-0.05, 0) is 37.6 Å². The van der Waals surface area contributed by atoms with E-state index in [2.05, 4.69) is 27.0 Å². The lowest BCUT2D eigenvalue weighted by Gasteiger charge is -2.20. The van der Waals surface area contributed by atoms with Gasteiger partial charge in [0.25, 0.3) is 5.91 Å². The van der Waals surface area contributed by atoms with Crippen LogP contribution in [-0.2, 0) is 16.0 Å². The molecular formula is C24H25N5O3. The molecule has 0 bridgehead atoms. The normalized spacial score (nSPS) is 13.4. The molecule has 4 N–H and O–H groups in total. The highest BCUT2D eigenvalue weighted by molar-refractivity contribution is 5.98. The molecule has 0 saturated carbocycles. The fourth-order valence-electron chi connectivity index (χ4n) is 3.29. The predicted molar refractivity (Wildman–Crippen MR) is 121 cm³/mol. The molecule has 3 rings (SSSR count). The van der Waals surface area contributed by atoms with Crippen molar-refractivity contribution in [2.75, 3.05) is 0 Å². The van der Waals surface area contributed by atoms with E-state index in [-0.39, 0.29) is 5.91 Å². The van der Waals surface area contributed by atoms with Crippen LogP contribution in [-0.4, -0.2) is 40.8 Å². The van der Waals surface area contributed by atoms with Crippen molar-refractivity contribution in [1.82, 2.24) is 20.9 Å². The standard InChI is InChI=1S/C24H25N5O3/c1-15(28-24(32)17-8-4-3-5-9-17)22(30)27-16(2)23(31)29-19(13-25)12-18-14-26-21-11-7-6-10-20(18)21/h3-11,14-16,19,26H,12H2,1-2H3,(H,27,30)(H,28,32)(H,29,31)/t15-,16-,19-/m0/s1. The van der Waals surface area contributed by atoms with E-state index in [0.717, 1.165) is 16.5 Å². The van der Waals surface area contributed by atoms with Crippen LogP contribution >= 0.6 is 0 Å². The Morgan fingerprint density at radius 3 is 2.25 bits per heavy atom. The van der Waals surface area contributed by atoms with Crippen molar-refractivity contribution >= 4 is 28.6 Å². The molecular weight excluding hydrogens is 406 g/mol. The average molecular weight is 431 g/mol. The quantitative estimate of drug-likeness (QED) is 0.435. The number of benzene rings is 2. The van der Waals surface area contributed by atoms with E-state index in [4.69, 9.17) is 0 Å². The van der Waals surface area contributed by atoms with Crippen molar-refractivity contribution in [3.8, 4) is 6.07 Å². The summed E-state index contributed by atoms with van der Waals surface area (Å²) in [4.78, 5) is 40.3. The van der Waals surface area contributed by atoms with Gasteiger partial charge >= 0.3 is 0 Å². The molecule has 8 nitrogen and oxygen atoms in total. The van der Waals surface area contributed by atoms with Gasteiger partial charge in [-0.2, -0.15) is 5.26 Å². The largest absolute Gasteiger partial charge is 0.361 e. The second-order valence-corrected chi connectivity index (χ2v) is 7.55. The van der Waals surface area contributed by atoms with E-state index >= 15 is 0 Å². The van der Waals surface area contributed by atoms with Gasteiger partial charge < -0.3 is 20.9 Å². The first-order valence-electron chi connectivity index (χ1n) is 10.3. The number of carbonyl (C=O) groups is 3. The number of rotatable bonds is 8. The third kappa shape index (κ3) is 5.52. The highest BCUT2D eigenvalue weighted by Gasteiger charge is 2.23. The summed E-state index contributed by atoms with van der Waals surface area (Å²) in [5.74, 6) is -1.36. The Morgan fingerprint density at radius 1 is 0.906 bits per heavy atom. The lowest BCUT2D eigenvalue weighted by atomic mass is 10.1. The molecule has 3 amide bonds. The zero-order chi connectivity index (χ0) is 23.1. The molecule has 32 heavy (non-hydrogen) atoms. The van der Waals surface area contributed by atoms with Crippen molar-refractivity contribution in [1.29, 1.82) is 5.26 Å². The minimum absolute atomic E-state index is 0.330. The first-order chi connectivity index (χ1) is 15.4. The molecule has 164 valence electrons. The zero-order valence-electron chi connectivity index (χ0n) is 17.9. The van der Waals surface area contributed by atoms with Gasteiger partial charge in [-0.1, -0.05) is 36.4 Å². The van der Waals surface area contributed by atoms with Crippen LogP contribution in [0, 0.1) is 11.3 Å². The molecule has 0 aliphatic carbocycles. The van der Waals surface area contributed by atoms with Gasteiger partial charge in [-0.3, -0.25) is 14.4 Å². The summed E-state index contributed by atoms with van der Waals surface area (Å²) in [5, 5.41) is 18.3. The third-order valence-corrected chi connectivity index (χ3v) is 5.10. The van der Waals surface area contributed by atoms with Crippen molar-refractivity contribution in [2.45, 2.75) is 38.4 Å². The molecule has 1 aromatic heterocycles. The highest BCUT2D eigenvalue weighted by Crippen LogP contribution is 2.19. The Balaban J connectivity index is 1.53. The lowest BCUT2D eigenvalue weighted by molar-refractivity contribution is -0.129. The van der Waals surface area contributed by atoms with Crippen LogP contribution < -0.4 is 16.0 Å². The molecule has 0 unspecified atom stereocenters. The van der Waals surface area contributed by atoms with Gasteiger partial charge in [0.1, 0.15) is 18.1 Å². The molecule has 0 aliphatic rings. The topological polar surface area (TPSA) is 127 Å². The van der Waals surface area contributed by atoms with Crippen LogP contribution in [0.3, 0.4) is 0 Å². The number of nitrogens with zero attached hydrogens (tertiary/aromatic N) is 1. The van der Waals surface area contributed by atoms with Gasteiger partial charge in [-0.25, -0.2) is 0 Å². The summed E-state index contributed by atoms with van der Waals surface area (Å²) in [6.07, 6.45) is 2.15. The monoisotopic (exact) mass is 431 g/mol. The molecule has 0 fully saturated rings. The van der Waals surface area contributed by atoms with E-state index in [1.165, 1.54) is 13.8 Å². The maximum Gasteiger partial charge on any atom is 0.251 e. The van der Waals surface area contributed by atoms with Crippen molar-refractivity contribution in [2.24, 2.45) is 0 Å². The number of hydrogen-bond donors (Lipinski definition) is 4. The number of hydrogen-bond acceptors (Lipinski definition) is 4. The molecule has 8 heteroatoms. The second kappa shape index (κ2) is 10.3. The summed E-state index contributed by atoms with van der Waals surface area (Å²) in [7, 11) is 0. The van der Waals surface area contributed by atoms with Gasteiger partial charge in [0.2, 0.25) is 11.8 Å². The van der Waals surface area contributed by atoms with E-state index in [9.17, 15) is 19.6 Å². The van der Waals surface area contributed by atoms with Crippen LogP contribution in [0.2, 0.25) is 0 Å². The van der Waals surface area contributed by atoms with E-state index in [0.29, 0.717) is 12.0 Å². The van der Waals surface area contributed by atoms with Crippen LogP contribution in [0.25, 0.3) is 10.9 Å². The Morgan fingerprint density at radius 2 is 1.53 bits per heavy atom. The minimum atomic E-state index is -0.877. The number of nitrogens with one attached hydrogen (secondary N) is 4. The van der Waals surface area contributed by atoms with Crippen molar-refractivity contribution in [3.05, 3.63) is 71.9 Å². The summed E-state index contributed by atoms with van der Waals surface area (Å²) >= 11 is 0. The van der Waals surface area contributed by atoms with Gasteiger partial charge in [0.15, 0.2) is 0 Å². The molecule has 0 radical (unpaired) electrons. The van der Waals surface area contributed by atoms with Crippen molar-refractivity contribution < 1.29 is 14.4 Å². The smallest absolute Gasteiger partial charge is 0.251 e. The fourth-order valence-corrected chi connectivity index (χ4v) is 3.29. The number of nitriles is 1. The van der Waals surface area contributed by atoms with Gasteiger partial charge in [0.05, 0.1) is 6.07 Å². The zero-order valence-corrected chi connectivity index (χ0v) is 17.9. The van der Waals surface area contributed by atoms with Gasteiger partial charge in [0, 0.05) is 29.1 Å². The number of aromatic nitrogens is 1. The molecule has 2 aromatic carbocycles. The van der Waals surface area contributed by atoms with E-state index in [1.54, 1.807) is 30.3 Å². The molecule has 0 saturated heterocycles. The summed E-state index contributed by atoms with van der Waals surface area (Å²) < 4.78 is 0. The molecule has 0 aliphatic heterocycles. The number of amides is 3. The average Bonchev–Trinajstić information content (AvgIpc) is 3.21. The Kier molecular flexibility index (Phi) is 7.24. The lowest BCUT2D eigenvalue weighted by Crippen LogP contribution is -2.53. The summed E-state index contributed by atoms with van der Waals surface area (Å²) in [6, 6.07) is 15.9. The molecule has 3 atom stereocenters. The SMILES string of the molecule is C[C@H](NC(=O)c1ccccc1)C(=O)N[C@@H](C)C(=O)N[C@H](C#N)Cc1c[nH]c2ccccc12. The maximum atomic E-state index is 12.5. The van der Waals surface area contributed by atoms with Crippen LogP contribution in [0.4, 0.5) is 0 Å². The minimum Gasteiger partial charge on any atom is -0.361 e. The Labute approximate surface area is 186 Å². The first kappa shape index (κ1) is 22.6. The highest BCUT2D eigenvalue weighted by atomic mass is 16.2. The fraction of sp³-hybridized carbons (Fsp3) is 0.250. The van der Waals surface area contributed by atoms with E-state index < -0.39 is 29.9 Å². The third-order valence-electron chi connectivity index (χ3n) is 5.10.